The van der Waals surface area contributed by atoms with Crippen LogP contribution in [0.1, 0.15) is 31.4 Å². The Labute approximate surface area is 127 Å². The summed E-state index contributed by atoms with van der Waals surface area (Å²) in [7, 11) is 0. The fourth-order valence-corrected chi connectivity index (χ4v) is 2.80. The molecule has 1 aromatic carbocycles. The molecule has 0 fully saturated rings. The van der Waals surface area contributed by atoms with E-state index in [1.807, 2.05) is 6.92 Å². The number of amides is 1. The maximum Gasteiger partial charge on any atom is 0.222 e. The highest BCUT2D eigenvalue weighted by Gasteiger charge is 2.18. The molecule has 0 unspecified atom stereocenters. The van der Waals surface area contributed by atoms with Crippen molar-refractivity contribution in [1.29, 1.82) is 0 Å². The highest BCUT2D eigenvalue weighted by atomic mass is 16.5. The van der Waals surface area contributed by atoms with Gasteiger partial charge >= 0.3 is 0 Å². The van der Waals surface area contributed by atoms with E-state index in [4.69, 9.17) is 4.74 Å². The Kier molecular flexibility index (Phi) is 6.21. The Balaban J connectivity index is 1.74. The Bertz CT molecular complexity index is 462. The highest BCUT2D eigenvalue weighted by molar-refractivity contribution is 5.76. The van der Waals surface area contributed by atoms with Crippen LogP contribution in [0.3, 0.4) is 0 Å². The van der Waals surface area contributed by atoms with Crippen LogP contribution in [0.4, 0.5) is 0 Å². The van der Waals surface area contributed by atoms with Gasteiger partial charge in [-0.25, -0.2) is 0 Å². The molecule has 0 radical (unpaired) electrons. The van der Waals surface area contributed by atoms with Crippen molar-refractivity contribution in [2.24, 2.45) is 0 Å². The van der Waals surface area contributed by atoms with E-state index in [1.165, 1.54) is 11.1 Å². The predicted octanol–water partition coefficient (Wildman–Crippen LogP) is 1.98. The number of nitrogens with zero attached hydrogens (tertiary/aromatic N) is 1. The van der Waals surface area contributed by atoms with Gasteiger partial charge in [0.05, 0.1) is 6.61 Å². The average Bonchev–Trinajstić information content (AvgIpc) is 2.47. The first-order valence-electron chi connectivity index (χ1n) is 7.85. The third kappa shape index (κ3) is 5.14. The zero-order chi connectivity index (χ0) is 15.1. The van der Waals surface area contributed by atoms with Gasteiger partial charge in [0.2, 0.25) is 5.91 Å². The minimum absolute atomic E-state index is 0.0772. The van der Waals surface area contributed by atoms with Crippen molar-refractivity contribution in [3.05, 3.63) is 35.4 Å². The van der Waals surface area contributed by atoms with Gasteiger partial charge in [-0.3, -0.25) is 9.69 Å². The molecule has 1 amide bonds. The largest absolute Gasteiger partial charge is 0.381 e. The lowest BCUT2D eigenvalue weighted by Crippen LogP contribution is -2.43. The minimum Gasteiger partial charge on any atom is -0.381 e. The van der Waals surface area contributed by atoms with E-state index in [1.54, 1.807) is 0 Å². The molecule has 1 N–H and O–H groups in total. The Morgan fingerprint density at radius 1 is 1.38 bits per heavy atom. The van der Waals surface area contributed by atoms with Gasteiger partial charge in [0, 0.05) is 38.7 Å². The summed E-state index contributed by atoms with van der Waals surface area (Å²) in [5, 5.41) is 3.05. The van der Waals surface area contributed by atoms with E-state index >= 15 is 0 Å². The molecule has 21 heavy (non-hydrogen) atoms. The number of benzene rings is 1. The number of ether oxygens (including phenoxy) is 1. The topological polar surface area (TPSA) is 41.6 Å². The van der Waals surface area contributed by atoms with Gasteiger partial charge in [-0.05, 0) is 31.4 Å². The molecule has 1 atom stereocenters. The summed E-state index contributed by atoms with van der Waals surface area (Å²) in [5.74, 6) is 0.0772. The van der Waals surface area contributed by atoms with Crippen LogP contribution in [0.25, 0.3) is 0 Å². The first kappa shape index (κ1) is 16.0. The standard InChI is InChI=1S/C17H26N2O2/c1-3-21-11-9-17(20)18-14(2)12-19-10-8-15-6-4-5-7-16(15)13-19/h4-7,14H,3,8-13H2,1-2H3,(H,18,20)/t14-/m0/s1. The van der Waals surface area contributed by atoms with Crippen LogP contribution in [0, 0.1) is 0 Å². The summed E-state index contributed by atoms with van der Waals surface area (Å²) in [6.45, 7) is 8.12. The monoisotopic (exact) mass is 290 g/mol. The molecule has 1 aliphatic rings. The SMILES string of the molecule is CCOCCC(=O)N[C@@H](C)CN1CCc2ccccc2C1. The van der Waals surface area contributed by atoms with E-state index < -0.39 is 0 Å². The Morgan fingerprint density at radius 2 is 2.14 bits per heavy atom. The number of rotatable bonds is 7. The smallest absolute Gasteiger partial charge is 0.222 e. The summed E-state index contributed by atoms with van der Waals surface area (Å²) < 4.78 is 5.20. The van der Waals surface area contributed by atoms with Gasteiger partial charge in [0.1, 0.15) is 0 Å². The summed E-state index contributed by atoms with van der Waals surface area (Å²) in [6.07, 6.45) is 1.54. The predicted molar refractivity (Wildman–Crippen MR) is 84.1 cm³/mol. The molecule has 1 heterocycles. The molecule has 1 aliphatic heterocycles. The second kappa shape index (κ2) is 8.15. The van der Waals surface area contributed by atoms with Gasteiger partial charge in [0.15, 0.2) is 0 Å². The molecule has 4 nitrogen and oxygen atoms in total. The van der Waals surface area contributed by atoms with Crippen molar-refractivity contribution in [2.45, 2.75) is 39.3 Å². The number of carbonyl (C=O) groups is 1. The second-order valence-corrected chi connectivity index (χ2v) is 5.67. The molecule has 0 aliphatic carbocycles. The third-order valence-electron chi connectivity index (χ3n) is 3.83. The van der Waals surface area contributed by atoms with Crippen LogP contribution < -0.4 is 5.32 Å². The molecule has 116 valence electrons. The molecule has 2 rings (SSSR count). The number of hydrogen-bond acceptors (Lipinski definition) is 3. The zero-order valence-corrected chi connectivity index (χ0v) is 13.1. The second-order valence-electron chi connectivity index (χ2n) is 5.67. The lowest BCUT2D eigenvalue weighted by atomic mass is 10.00. The van der Waals surface area contributed by atoms with Crippen LogP contribution >= 0.6 is 0 Å². The maximum atomic E-state index is 11.8. The molecular formula is C17H26N2O2. The fourth-order valence-electron chi connectivity index (χ4n) is 2.80. The van der Waals surface area contributed by atoms with Gasteiger partial charge < -0.3 is 10.1 Å². The van der Waals surface area contributed by atoms with Crippen molar-refractivity contribution in [1.82, 2.24) is 10.2 Å². The number of hydrogen-bond donors (Lipinski definition) is 1. The normalized spacial score (nSPS) is 16.3. The maximum absolute atomic E-state index is 11.8. The molecular weight excluding hydrogens is 264 g/mol. The van der Waals surface area contributed by atoms with E-state index in [0.717, 1.165) is 26.1 Å². The van der Waals surface area contributed by atoms with Gasteiger partial charge in [0.25, 0.3) is 0 Å². The van der Waals surface area contributed by atoms with Gasteiger partial charge in [-0.1, -0.05) is 24.3 Å². The Morgan fingerprint density at radius 3 is 2.90 bits per heavy atom. The Hall–Kier alpha value is -1.39. The molecule has 0 saturated carbocycles. The lowest BCUT2D eigenvalue weighted by molar-refractivity contribution is -0.122. The first-order chi connectivity index (χ1) is 10.2. The van der Waals surface area contributed by atoms with Gasteiger partial charge in [-0.2, -0.15) is 0 Å². The van der Waals surface area contributed by atoms with E-state index in [-0.39, 0.29) is 11.9 Å². The fraction of sp³-hybridized carbons (Fsp3) is 0.588. The first-order valence-corrected chi connectivity index (χ1v) is 7.85. The summed E-state index contributed by atoms with van der Waals surface area (Å²) in [6, 6.07) is 8.79. The zero-order valence-electron chi connectivity index (χ0n) is 13.1. The lowest BCUT2D eigenvalue weighted by Gasteiger charge is -2.31. The molecule has 0 saturated heterocycles. The summed E-state index contributed by atoms with van der Waals surface area (Å²) >= 11 is 0. The van der Waals surface area contributed by atoms with Crippen molar-refractivity contribution in [3.8, 4) is 0 Å². The van der Waals surface area contributed by atoms with Gasteiger partial charge in [-0.15, -0.1) is 0 Å². The number of fused-ring (bicyclic) bond motifs is 1. The molecule has 0 bridgehead atoms. The molecule has 0 spiro atoms. The average molecular weight is 290 g/mol. The van der Waals surface area contributed by atoms with E-state index in [0.29, 0.717) is 19.6 Å². The highest BCUT2D eigenvalue weighted by Crippen LogP contribution is 2.18. The number of nitrogens with one attached hydrogen (secondary N) is 1. The third-order valence-corrected chi connectivity index (χ3v) is 3.83. The number of carbonyl (C=O) groups excluding carboxylic acids is 1. The van der Waals surface area contributed by atoms with Crippen LogP contribution in [0.5, 0.6) is 0 Å². The summed E-state index contributed by atoms with van der Waals surface area (Å²) in [5.41, 5.74) is 2.88. The van der Waals surface area contributed by atoms with E-state index in [2.05, 4.69) is 41.4 Å². The van der Waals surface area contributed by atoms with Crippen LogP contribution in [-0.2, 0) is 22.5 Å². The molecule has 0 aromatic heterocycles. The van der Waals surface area contributed by atoms with Crippen molar-refractivity contribution >= 4 is 5.91 Å². The van der Waals surface area contributed by atoms with Crippen molar-refractivity contribution < 1.29 is 9.53 Å². The minimum atomic E-state index is 0.0772. The van der Waals surface area contributed by atoms with Crippen LogP contribution in [0.2, 0.25) is 0 Å². The van der Waals surface area contributed by atoms with Crippen molar-refractivity contribution in [2.75, 3.05) is 26.3 Å². The van der Waals surface area contributed by atoms with Crippen LogP contribution in [0.15, 0.2) is 24.3 Å². The molecule has 1 aromatic rings. The van der Waals surface area contributed by atoms with Crippen LogP contribution in [-0.4, -0.2) is 43.2 Å². The van der Waals surface area contributed by atoms with Crippen molar-refractivity contribution in [3.63, 3.8) is 0 Å². The molecule has 4 heteroatoms. The van der Waals surface area contributed by atoms with E-state index in [9.17, 15) is 4.79 Å². The summed E-state index contributed by atoms with van der Waals surface area (Å²) in [4.78, 5) is 14.2. The quantitative estimate of drug-likeness (QED) is 0.781.